The Balaban J connectivity index is 2.22. The lowest BCUT2D eigenvalue weighted by Crippen LogP contribution is -2.55. The first-order valence-electron chi connectivity index (χ1n) is 9.72. The number of carbonyl (C=O) groups excluding carboxylic acids is 1. The average Bonchev–Trinajstić information content (AvgIpc) is 2.49. The summed E-state index contributed by atoms with van der Waals surface area (Å²) >= 11 is 0. The predicted molar refractivity (Wildman–Crippen MR) is 93.7 cm³/mol. The smallest absolute Gasteiger partial charge is 0.226 e. The van der Waals surface area contributed by atoms with Crippen LogP contribution in [0.1, 0.15) is 86.0 Å². The highest BCUT2D eigenvalue weighted by Crippen LogP contribution is 2.40. The summed E-state index contributed by atoms with van der Waals surface area (Å²) in [6.07, 6.45) is 10.2. The van der Waals surface area contributed by atoms with Gasteiger partial charge in [-0.25, -0.2) is 0 Å². The van der Waals surface area contributed by atoms with Crippen molar-refractivity contribution in [2.45, 2.75) is 98.1 Å². The summed E-state index contributed by atoms with van der Waals surface area (Å²) in [5, 5.41) is 0. The van der Waals surface area contributed by atoms with E-state index < -0.39 is 0 Å². The molecular weight excluding hydrogens is 270 g/mol. The second-order valence-electron chi connectivity index (χ2n) is 8.71. The van der Waals surface area contributed by atoms with Crippen molar-refractivity contribution in [2.24, 2.45) is 23.7 Å². The van der Waals surface area contributed by atoms with E-state index in [9.17, 15) is 4.79 Å². The lowest BCUT2D eigenvalue weighted by molar-refractivity contribution is -0.149. The molecule has 0 N–H and O–H groups in total. The van der Waals surface area contributed by atoms with E-state index >= 15 is 0 Å². The molecule has 4 unspecified atom stereocenters. The molecule has 4 atom stereocenters. The van der Waals surface area contributed by atoms with E-state index in [0.717, 1.165) is 24.7 Å². The van der Waals surface area contributed by atoms with Gasteiger partial charge in [0.25, 0.3) is 0 Å². The van der Waals surface area contributed by atoms with Crippen LogP contribution in [0, 0.1) is 23.7 Å². The monoisotopic (exact) mass is 307 g/mol. The molecule has 22 heavy (non-hydrogen) atoms. The zero-order valence-electron chi connectivity index (χ0n) is 15.5. The highest BCUT2D eigenvalue weighted by atomic mass is 16.2. The van der Waals surface area contributed by atoms with Crippen LogP contribution >= 0.6 is 0 Å². The van der Waals surface area contributed by atoms with Gasteiger partial charge in [-0.1, -0.05) is 46.5 Å². The van der Waals surface area contributed by atoms with E-state index in [-0.39, 0.29) is 5.92 Å². The van der Waals surface area contributed by atoms with E-state index in [1.54, 1.807) is 0 Å². The molecule has 1 amide bonds. The number of piperidine rings is 1. The van der Waals surface area contributed by atoms with Gasteiger partial charge in [0.1, 0.15) is 0 Å². The summed E-state index contributed by atoms with van der Waals surface area (Å²) in [6.45, 7) is 11.4. The summed E-state index contributed by atoms with van der Waals surface area (Å²) < 4.78 is 0. The number of likely N-dealkylation sites (tertiary alicyclic amines) is 1. The quantitative estimate of drug-likeness (QED) is 0.696. The van der Waals surface area contributed by atoms with Crippen molar-refractivity contribution in [1.29, 1.82) is 0 Å². The van der Waals surface area contributed by atoms with Gasteiger partial charge in [-0.05, 0) is 57.3 Å². The van der Waals surface area contributed by atoms with Gasteiger partial charge in [-0.2, -0.15) is 0 Å². The predicted octanol–water partition coefficient (Wildman–Crippen LogP) is 5.26. The van der Waals surface area contributed by atoms with Crippen LogP contribution in [0.5, 0.6) is 0 Å². The first kappa shape index (κ1) is 17.8. The highest BCUT2D eigenvalue weighted by molar-refractivity contribution is 5.80. The van der Waals surface area contributed by atoms with Crippen LogP contribution in [-0.2, 0) is 4.79 Å². The van der Waals surface area contributed by atoms with Crippen molar-refractivity contribution >= 4 is 5.91 Å². The van der Waals surface area contributed by atoms with Crippen LogP contribution in [-0.4, -0.2) is 22.9 Å². The van der Waals surface area contributed by atoms with Crippen molar-refractivity contribution in [1.82, 2.24) is 4.90 Å². The van der Waals surface area contributed by atoms with E-state index in [1.165, 1.54) is 38.5 Å². The second kappa shape index (κ2) is 7.84. The molecule has 2 nitrogen and oxygen atoms in total. The molecule has 1 aliphatic carbocycles. The molecule has 128 valence electrons. The van der Waals surface area contributed by atoms with Crippen LogP contribution in [0.3, 0.4) is 0 Å². The van der Waals surface area contributed by atoms with Crippen molar-refractivity contribution in [3.63, 3.8) is 0 Å². The molecule has 0 spiro atoms. The first-order chi connectivity index (χ1) is 10.4. The Kier molecular flexibility index (Phi) is 6.35. The molecule has 1 saturated carbocycles. The summed E-state index contributed by atoms with van der Waals surface area (Å²) in [6, 6.07) is 0.863. The maximum atomic E-state index is 13.0. The van der Waals surface area contributed by atoms with Crippen molar-refractivity contribution < 1.29 is 4.79 Å². The van der Waals surface area contributed by atoms with Gasteiger partial charge in [-0.3, -0.25) is 4.79 Å². The van der Waals surface area contributed by atoms with Gasteiger partial charge in [0.2, 0.25) is 5.91 Å². The van der Waals surface area contributed by atoms with E-state index in [1.807, 2.05) is 0 Å². The molecule has 1 heterocycles. The number of nitrogens with zero attached hydrogens (tertiary/aromatic N) is 1. The standard InChI is InChI=1S/C20H37NO/c1-14(2)11-18-13-17-12-16(5)9-7-6-8-10-19(17)21(15(3)4)20(18)22/h14-19H,6-13H2,1-5H3. The van der Waals surface area contributed by atoms with Crippen LogP contribution < -0.4 is 0 Å². The number of rotatable bonds is 3. The molecule has 0 aromatic rings. The van der Waals surface area contributed by atoms with Crippen LogP contribution in [0.15, 0.2) is 0 Å². The Hall–Kier alpha value is -0.530. The Bertz CT molecular complexity index is 363. The topological polar surface area (TPSA) is 20.3 Å². The maximum Gasteiger partial charge on any atom is 0.226 e. The minimum atomic E-state index is 0.275. The van der Waals surface area contributed by atoms with Gasteiger partial charge >= 0.3 is 0 Å². The lowest BCUT2D eigenvalue weighted by Gasteiger charge is -2.47. The summed E-state index contributed by atoms with van der Waals surface area (Å²) in [5.41, 5.74) is 0. The van der Waals surface area contributed by atoms with Crippen molar-refractivity contribution in [3.8, 4) is 0 Å². The van der Waals surface area contributed by atoms with Crippen LogP contribution in [0.25, 0.3) is 0 Å². The molecular formula is C20H37NO. The van der Waals surface area contributed by atoms with Gasteiger partial charge < -0.3 is 4.90 Å². The van der Waals surface area contributed by atoms with E-state index in [2.05, 4.69) is 39.5 Å². The molecule has 1 aliphatic heterocycles. The lowest BCUT2D eigenvalue weighted by atomic mass is 9.74. The zero-order valence-corrected chi connectivity index (χ0v) is 15.5. The summed E-state index contributed by atoms with van der Waals surface area (Å²) in [7, 11) is 0. The molecule has 2 rings (SSSR count). The van der Waals surface area contributed by atoms with E-state index in [0.29, 0.717) is 23.9 Å². The second-order valence-corrected chi connectivity index (χ2v) is 8.71. The Morgan fingerprint density at radius 1 is 1.05 bits per heavy atom. The summed E-state index contributed by atoms with van der Waals surface area (Å²) in [5.74, 6) is 2.91. The molecule has 0 radical (unpaired) electrons. The Labute approximate surface area is 138 Å². The minimum Gasteiger partial charge on any atom is -0.337 e. The number of amides is 1. The SMILES string of the molecule is CC(C)CC1CC2CC(C)CCCCCC2N(C(C)C)C1=O. The van der Waals surface area contributed by atoms with Crippen molar-refractivity contribution in [3.05, 3.63) is 0 Å². The molecule has 2 heteroatoms. The number of hydrogen-bond donors (Lipinski definition) is 0. The molecule has 1 saturated heterocycles. The van der Waals surface area contributed by atoms with Crippen LogP contribution in [0.4, 0.5) is 0 Å². The third-order valence-electron chi connectivity index (χ3n) is 5.81. The van der Waals surface area contributed by atoms with Gasteiger partial charge in [-0.15, -0.1) is 0 Å². The third-order valence-corrected chi connectivity index (χ3v) is 5.81. The molecule has 0 bridgehead atoms. The fourth-order valence-corrected chi connectivity index (χ4v) is 4.91. The fourth-order valence-electron chi connectivity index (χ4n) is 4.91. The summed E-state index contributed by atoms with van der Waals surface area (Å²) in [4.78, 5) is 15.3. The largest absolute Gasteiger partial charge is 0.337 e. The Morgan fingerprint density at radius 2 is 1.73 bits per heavy atom. The number of fused-ring (bicyclic) bond motifs is 1. The number of hydrogen-bond acceptors (Lipinski definition) is 1. The van der Waals surface area contributed by atoms with Gasteiger partial charge in [0.05, 0.1) is 0 Å². The minimum absolute atomic E-state index is 0.275. The molecule has 2 aliphatic rings. The zero-order chi connectivity index (χ0) is 16.3. The fraction of sp³-hybridized carbons (Fsp3) is 0.950. The highest BCUT2D eigenvalue weighted by Gasteiger charge is 2.42. The molecule has 2 fully saturated rings. The van der Waals surface area contributed by atoms with Gasteiger partial charge in [0, 0.05) is 18.0 Å². The normalized spacial score (nSPS) is 34.3. The first-order valence-corrected chi connectivity index (χ1v) is 9.72. The van der Waals surface area contributed by atoms with Crippen LogP contribution in [0.2, 0.25) is 0 Å². The molecule has 0 aromatic heterocycles. The average molecular weight is 308 g/mol. The third kappa shape index (κ3) is 4.26. The Morgan fingerprint density at radius 3 is 2.36 bits per heavy atom. The molecule has 0 aromatic carbocycles. The number of carbonyl (C=O) groups is 1. The van der Waals surface area contributed by atoms with Crippen molar-refractivity contribution in [2.75, 3.05) is 0 Å². The van der Waals surface area contributed by atoms with Gasteiger partial charge in [0.15, 0.2) is 0 Å². The maximum absolute atomic E-state index is 13.0. The van der Waals surface area contributed by atoms with E-state index in [4.69, 9.17) is 0 Å².